The highest BCUT2D eigenvalue weighted by Crippen LogP contribution is 2.28. The molecule has 0 atom stereocenters. The Kier molecular flexibility index (Phi) is 5.99. The predicted molar refractivity (Wildman–Crippen MR) is 109 cm³/mol. The molecule has 0 spiro atoms. The van der Waals surface area contributed by atoms with Crippen LogP contribution in [-0.2, 0) is 16.0 Å². The molecule has 5 heteroatoms. The average molecular weight is 369 g/mol. The molecule has 0 aromatic heterocycles. The lowest BCUT2D eigenvalue weighted by molar-refractivity contribution is -0.116. The normalized spacial score (nSPS) is 13.2. The van der Waals surface area contributed by atoms with Crippen LogP contribution in [0.1, 0.15) is 23.1 Å². The third-order valence-corrected chi connectivity index (χ3v) is 5.37. The Morgan fingerprint density at radius 1 is 1.04 bits per heavy atom. The van der Waals surface area contributed by atoms with Crippen molar-refractivity contribution in [3.63, 3.8) is 0 Å². The smallest absolute Gasteiger partial charge is 0.236 e. The van der Waals surface area contributed by atoms with Crippen molar-refractivity contribution in [1.29, 1.82) is 0 Å². The zero-order valence-electron chi connectivity index (χ0n) is 15.2. The van der Waals surface area contributed by atoms with E-state index in [1.165, 1.54) is 22.9 Å². The molecule has 136 valence electrons. The number of nitrogens with one attached hydrogen (secondary N) is 1. The number of anilines is 2. The van der Waals surface area contributed by atoms with E-state index in [1.54, 1.807) is 0 Å². The summed E-state index contributed by atoms with van der Waals surface area (Å²) in [5.74, 6) is 0.576. The number of benzene rings is 2. The maximum atomic E-state index is 12.6. The van der Waals surface area contributed by atoms with Crippen LogP contribution >= 0.6 is 11.8 Å². The van der Waals surface area contributed by atoms with Crippen LogP contribution in [0.15, 0.2) is 42.5 Å². The average Bonchev–Trinajstić information content (AvgIpc) is 2.62. The zero-order valence-corrected chi connectivity index (χ0v) is 16.1. The minimum Gasteiger partial charge on any atom is -0.325 e. The van der Waals surface area contributed by atoms with E-state index in [1.807, 2.05) is 48.2 Å². The number of fused-ring (bicyclic) bond motifs is 1. The number of carbonyl (C=O) groups excluding carboxylic acids is 2. The van der Waals surface area contributed by atoms with Crippen molar-refractivity contribution in [2.45, 2.75) is 26.7 Å². The Morgan fingerprint density at radius 2 is 1.77 bits per heavy atom. The summed E-state index contributed by atoms with van der Waals surface area (Å²) in [6, 6.07) is 13.9. The first kappa shape index (κ1) is 18.5. The van der Waals surface area contributed by atoms with Crippen molar-refractivity contribution in [2.24, 2.45) is 0 Å². The van der Waals surface area contributed by atoms with E-state index in [2.05, 4.69) is 18.3 Å². The molecule has 26 heavy (non-hydrogen) atoms. The Morgan fingerprint density at radius 3 is 2.54 bits per heavy atom. The highest BCUT2D eigenvalue weighted by molar-refractivity contribution is 8.00. The van der Waals surface area contributed by atoms with Gasteiger partial charge < -0.3 is 10.2 Å². The molecule has 1 heterocycles. The second kappa shape index (κ2) is 8.41. The Hall–Kier alpha value is -2.27. The van der Waals surface area contributed by atoms with Gasteiger partial charge in [0.05, 0.1) is 11.5 Å². The first-order valence-electron chi connectivity index (χ1n) is 8.87. The minimum atomic E-state index is -0.0821. The summed E-state index contributed by atoms with van der Waals surface area (Å²) in [6.45, 7) is 4.84. The van der Waals surface area contributed by atoms with Gasteiger partial charge in [0.1, 0.15) is 0 Å². The molecule has 2 aromatic rings. The summed E-state index contributed by atoms with van der Waals surface area (Å²) in [5.41, 5.74) is 5.43. The van der Waals surface area contributed by atoms with Gasteiger partial charge in [-0.05, 0) is 50.5 Å². The molecule has 0 saturated carbocycles. The van der Waals surface area contributed by atoms with Gasteiger partial charge in [-0.25, -0.2) is 0 Å². The second-order valence-electron chi connectivity index (χ2n) is 6.69. The molecule has 0 radical (unpaired) electrons. The molecule has 0 unspecified atom stereocenters. The quantitative estimate of drug-likeness (QED) is 0.869. The molecule has 2 aromatic carbocycles. The molecular formula is C21H24N2O2S. The Labute approximate surface area is 159 Å². The number of hydrogen-bond donors (Lipinski definition) is 1. The molecule has 1 aliphatic rings. The van der Waals surface area contributed by atoms with Gasteiger partial charge in [0.15, 0.2) is 0 Å². The largest absolute Gasteiger partial charge is 0.325 e. The highest BCUT2D eigenvalue weighted by atomic mass is 32.2. The lowest BCUT2D eigenvalue weighted by Gasteiger charge is -2.29. The van der Waals surface area contributed by atoms with Crippen LogP contribution in [0.2, 0.25) is 0 Å². The van der Waals surface area contributed by atoms with Gasteiger partial charge in [-0.3, -0.25) is 9.59 Å². The van der Waals surface area contributed by atoms with E-state index in [4.69, 9.17) is 0 Å². The number of amides is 2. The van der Waals surface area contributed by atoms with Gasteiger partial charge in [-0.1, -0.05) is 35.4 Å². The first-order valence-corrected chi connectivity index (χ1v) is 10.0. The number of thioether (sulfide) groups is 1. The molecule has 2 amide bonds. The zero-order chi connectivity index (χ0) is 18.5. The third kappa shape index (κ3) is 4.67. The van der Waals surface area contributed by atoms with E-state index < -0.39 is 0 Å². The lowest BCUT2D eigenvalue weighted by Crippen LogP contribution is -2.37. The topological polar surface area (TPSA) is 49.4 Å². The fourth-order valence-electron chi connectivity index (χ4n) is 3.13. The van der Waals surface area contributed by atoms with Crippen LogP contribution in [0, 0.1) is 13.8 Å². The Bertz CT molecular complexity index is 802. The molecule has 0 saturated heterocycles. The molecule has 4 nitrogen and oxygen atoms in total. The van der Waals surface area contributed by atoms with Crippen LogP contribution < -0.4 is 10.2 Å². The third-order valence-electron chi connectivity index (χ3n) is 4.45. The number of hydrogen-bond acceptors (Lipinski definition) is 3. The second-order valence-corrected chi connectivity index (χ2v) is 7.67. The van der Waals surface area contributed by atoms with Crippen LogP contribution in [0.3, 0.4) is 0 Å². The van der Waals surface area contributed by atoms with Gasteiger partial charge in [-0.15, -0.1) is 11.8 Å². The molecule has 0 fully saturated rings. The SMILES string of the molecule is Cc1ccc(NC(=O)CSCC(=O)N2CCCc3cc(C)ccc32)cc1. The van der Waals surface area contributed by atoms with E-state index in [0.717, 1.165) is 36.3 Å². The molecule has 0 aliphatic carbocycles. The molecule has 1 aliphatic heterocycles. The van der Waals surface area contributed by atoms with Crippen LogP contribution in [0.5, 0.6) is 0 Å². The summed E-state index contributed by atoms with van der Waals surface area (Å²) < 4.78 is 0. The summed E-state index contributed by atoms with van der Waals surface area (Å²) >= 11 is 1.36. The van der Waals surface area contributed by atoms with Crippen molar-refractivity contribution < 1.29 is 9.59 Å². The summed E-state index contributed by atoms with van der Waals surface area (Å²) in [4.78, 5) is 26.5. The fraction of sp³-hybridized carbons (Fsp3) is 0.333. The van der Waals surface area contributed by atoms with E-state index >= 15 is 0 Å². The molecular weight excluding hydrogens is 344 g/mol. The van der Waals surface area contributed by atoms with Crippen LogP contribution in [0.4, 0.5) is 11.4 Å². The lowest BCUT2D eigenvalue weighted by atomic mass is 10.00. The number of carbonyl (C=O) groups is 2. The maximum absolute atomic E-state index is 12.6. The predicted octanol–water partition coefficient (Wildman–Crippen LogP) is 3.95. The standard InChI is InChI=1S/C21H24N2O2S/c1-15-5-8-18(9-6-15)22-20(24)13-26-14-21(25)23-11-3-4-17-12-16(2)7-10-19(17)23/h5-10,12H,3-4,11,13-14H2,1-2H3,(H,22,24). The molecule has 0 bridgehead atoms. The minimum absolute atomic E-state index is 0.0722. The molecule has 1 N–H and O–H groups in total. The van der Waals surface area contributed by atoms with Crippen molar-refractivity contribution in [3.05, 3.63) is 59.2 Å². The number of nitrogens with zero attached hydrogens (tertiary/aromatic N) is 1. The maximum Gasteiger partial charge on any atom is 0.236 e. The molecule has 3 rings (SSSR count). The van der Waals surface area contributed by atoms with Gasteiger partial charge in [0.2, 0.25) is 11.8 Å². The van der Waals surface area contributed by atoms with Crippen molar-refractivity contribution in [1.82, 2.24) is 0 Å². The van der Waals surface area contributed by atoms with Gasteiger partial charge >= 0.3 is 0 Å². The monoisotopic (exact) mass is 368 g/mol. The number of aryl methyl sites for hydroxylation is 3. The summed E-state index contributed by atoms with van der Waals surface area (Å²) in [6.07, 6.45) is 2.01. The van der Waals surface area contributed by atoms with Gasteiger partial charge in [-0.2, -0.15) is 0 Å². The van der Waals surface area contributed by atoms with E-state index in [0.29, 0.717) is 5.75 Å². The first-order chi connectivity index (χ1) is 12.5. The van der Waals surface area contributed by atoms with E-state index in [9.17, 15) is 9.59 Å². The summed E-state index contributed by atoms with van der Waals surface area (Å²) in [5, 5.41) is 2.86. The summed E-state index contributed by atoms with van der Waals surface area (Å²) in [7, 11) is 0. The van der Waals surface area contributed by atoms with Crippen molar-refractivity contribution in [3.8, 4) is 0 Å². The number of rotatable bonds is 5. The Balaban J connectivity index is 1.50. The van der Waals surface area contributed by atoms with Gasteiger partial charge in [0.25, 0.3) is 0 Å². The van der Waals surface area contributed by atoms with Crippen LogP contribution in [0.25, 0.3) is 0 Å². The highest BCUT2D eigenvalue weighted by Gasteiger charge is 2.22. The van der Waals surface area contributed by atoms with E-state index in [-0.39, 0.29) is 17.6 Å². The fourth-order valence-corrected chi connectivity index (χ4v) is 3.82. The van der Waals surface area contributed by atoms with Crippen molar-refractivity contribution in [2.75, 3.05) is 28.3 Å². The van der Waals surface area contributed by atoms with Crippen LogP contribution in [-0.4, -0.2) is 29.9 Å². The van der Waals surface area contributed by atoms with Crippen molar-refractivity contribution >= 4 is 35.0 Å². The van der Waals surface area contributed by atoms with Gasteiger partial charge in [0, 0.05) is 17.9 Å².